The summed E-state index contributed by atoms with van der Waals surface area (Å²) in [6, 6.07) is 6.33. The zero-order valence-electron chi connectivity index (χ0n) is 12.0. The Bertz CT molecular complexity index is 515. The van der Waals surface area contributed by atoms with E-state index in [1.807, 2.05) is 6.07 Å². The predicted molar refractivity (Wildman–Crippen MR) is 79.6 cm³/mol. The summed E-state index contributed by atoms with van der Waals surface area (Å²) in [6.07, 6.45) is 3.51. The third-order valence-electron chi connectivity index (χ3n) is 3.88. The molecule has 5 heteroatoms. The normalized spacial score (nSPS) is 15.3. The van der Waals surface area contributed by atoms with Gasteiger partial charge in [0, 0.05) is 25.0 Å². The Hall–Kier alpha value is -1.88. The van der Waals surface area contributed by atoms with E-state index in [2.05, 4.69) is 11.9 Å². The Morgan fingerprint density at radius 3 is 2.86 bits per heavy atom. The molecular formula is C16H21FN2O2. The molecule has 2 amide bonds. The van der Waals surface area contributed by atoms with E-state index in [9.17, 15) is 9.18 Å². The number of hydrogen-bond donors (Lipinski definition) is 2. The maximum Gasteiger partial charge on any atom is 0.317 e. The lowest BCUT2D eigenvalue weighted by atomic mass is 9.96. The number of carbonyl (C=O) groups is 1. The van der Waals surface area contributed by atoms with Crippen molar-refractivity contribution in [3.63, 3.8) is 0 Å². The van der Waals surface area contributed by atoms with Crippen LogP contribution in [-0.4, -0.2) is 42.3 Å². The van der Waals surface area contributed by atoms with Gasteiger partial charge in [-0.25, -0.2) is 9.18 Å². The van der Waals surface area contributed by atoms with Gasteiger partial charge in [0.25, 0.3) is 0 Å². The second kappa shape index (κ2) is 6.72. The molecule has 1 aliphatic rings. The molecule has 0 saturated heterocycles. The highest BCUT2D eigenvalue weighted by Gasteiger charge is 2.44. The van der Waals surface area contributed by atoms with Crippen LogP contribution in [0.25, 0.3) is 0 Å². The lowest BCUT2D eigenvalue weighted by molar-refractivity contribution is 0.183. The van der Waals surface area contributed by atoms with Crippen LogP contribution >= 0.6 is 0 Å². The molecule has 0 unspecified atom stereocenters. The van der Waals surface area contributed by atoms with Gasteiger partial charge in [-0.3, -0.25) is 0 Å². The molecule has 0 atom stereocenters. The molecule has 0 aromatic heterocycles. The van der Waals surface area contributed by atoms with E-state index in [0.29, 0.717) is 13.1 Å². The van der Waals surface area contributed by atoms with Crippen LogP contribution in [0.1, 0.15) is 18.4 Å². The first-order valence-corrected chi connectivity index (χ1v) is 7.12. The molecule has 0 bridgehead atoms. The quantitative estimate of drug-likeness (QED) is 0.756. The predicted octanol–water partition coefficient (Wildman–Crippen LogP) is 2.05. The third-order valence-corrected chi connectivity index (χ3v) is 3.88. The van der Waals surface area contributed by atoms with Gasteiger partial charge in [0.1, 0.15) is 5.82 Å². The largest absolute Gasteiger partial charge is 0.395 e. The molecule has 2 rings (SSSR count). The van der Waals surface area contributed by atoms with Crippen LogP contribution in [0.15, 0.2) is 36.9 Å². The summed E-state index contributed by atoms with van der Waals surface area (Å²) in [7, 11) is 0. The van der Waals surface area contributed by atoms with E-state index in [1.54, 1.807) is 12.1 Å². The number of halogens is 1. The molecule has 4 nitrogen and oxygen atoms in total. The van der Waals surface area contributed by atoms with Crippen LogP contribution in [0.2, 0.25) is 0 Å². The number of nitrogens with one attached hydrogen (secondary N) is 1. The van der Waals surface area contributed by atoms with E-state index >= 15 is 0 Å². The van der Waals surface area contributed by atoms with Crippen molar-refractivity contribution in [1.82, 2.24) is 10.2 Å². The lowest BCUT2D eigenvalue weighted by Crippen LogP contribution is -2.44. The van der Waals surface area contributed by atoms with E-state index in [1.165, 1.54) is 17.0 Å². The maximum absolute atomic E-state index is 13.3. The summed E-state index contributed by atoms with van der Waals surface area (Å²) in [5.74, 6) is -0.251. The average Bonchev–Trinajstić information content (AvgIpc) is 3.26. The number of aliphatic hydroxyl groups is 1. The summed E-state index contributed by atoms with van der Waals surface area (Å²) in [5.41, 5.74) is 0.789. The Morgan fingerprint density at radius 1 is 1.52 bits per heavy atom. The first-order chi connectivity index (χ1) is 10.1. The van der Waals surface area contributed by atoms with Crippen LogP contribution in [0.5, 0.6) is 0 Å². The highest BCUT2D eigenvalue weighted by Crippen LogP contribution is 2.47. The standard InChI is InChI=1S/C16H21FN2O2/c1-2-8-19(9-10-20)15(21)18-12-16(6-7-16)13-4-3-5-14(17)11-13/h2-5,11,20H,1,6-10,12H2,(H,18,21). The van der Waals surface area contributed by atoms with Gasteiger partial charge in [0.2, 0.25) is 0 Å². The number of benzene rings is 1. The average molecular weight is 292 g/mol. The van der Waals surface area contributed by atoms with Crippen LogP contribution < -0.4 is 5.32 Å². The van der Waals surface area contributed by atoms with Crippen molar-refractivity contribution in [3.8, 4) is 0 Å². The first kappa shape index (κ1) is 15.5. The van der Waals surface area contributed by atoms with Crippen molar-refractivity contribution in [3.05, 3.63) is 48.3 Å². The SMILES string of the molecule is C=CCN(CCO)C(=O)NCC1(c2cccc(F)c2)CC1. The van der Waals surface area contributed by atoms with Gasteiger partial charge < -0.3 is 15.3 Å². The molecule has 0 aliphatic heterocycles. The molecule has 21 heavy (non-hydrogen) atoms. The fourth-order valence-electron chi connectivity index (χ4n) is 2.45. The Morgan fingerprint density at radius 2 is 2.29 bits per heavy atom. The highest BCUT2D eigenvalue weighted by molar-refractivity contribution is 5.74. The van der Waals surface area contributed by atoms with E-state index < -0.39 is 0 Å². The summed E-state index contributed by atoms with van der Waals surface area (Å²) < 4.78 is 13.3. The number of amides is 2. The minimum absolute atomic E-state index is 0.0870. The fourth-order valence-corrected chi connectivity index (χ4v) is 2.45. The van der Waals surface area contributed by atoms with Gasteiger partial charge in [-0.15, -0.1) is 6.58 Å². The van der Waals surface area contributed by atoms with Crippen molar-refractivity contribution >= 4 is 6.03 Å². The number of hydrogen-bond acceptors (Lipinski definition) is 2. The van der Waals surface area contributed by atoms with Gasteiger partial charge in [-0.1, -0.05) is 18.2 Å². The summed E-state index contributed by atoms with van der Waals surface area (Å²) in [4.78, 5) is 13.6. The first-order valence-electron chi connectivity index (χ1n) is 7.12. The molecular weight excluding hydrogens is 271 g/mol. The van der Waals surface area contributed by atoms with Crippen LogP contribution in [-0.2, 0) is 5.41 Å². The van der Waals surface area contributed by atoms with Crippen molar-refractivity contribution in [2.75, 3.05) is 26.2 Å². The topological polar surface area (TPSA) is 52.6 Å². The molecule has 1 aromatic rings. The fraction of sp³-hybridized carbons (Fsp3) is 0.438. The smallest absolute Gasteiger partial charge is 0.317 e. The molecule has 1 aliphatic carbocycles. The highest BCUT2D eigenvalue weighted by atomic mass is 19.1. The van der Waals surface area contributed by atoms with E-state index in [0.717, 1.165) is 18.4 Å². The van der Waals surface area contributed by atoms with Gasteiger partial charge in [0.15, 0.2) is 0 Å². The number of rotatable bonds is 7. The van der Waals surface area contributed by atoms with Gasteiger partial charge in [0.05, 0.1) is 6.61 Å². The summed E-state index contributed by atoms with van der Waals surface area (Å²) >= 11 is 0. The van der Waals surface area contributed by atoms with Crippen molar-refractivity contribution < 1.29 is 14.3 Å². The minimum atomic E-state index is -0.251. The lowest BCUT2D eigenvalue weighted by Gasteiger charge is -2.23. The zero-order chi connectivity index (χ0) is 15.3. The molecule has 114 valence electrons. The van der Waals surface area contributed by atoms with Crippen molar-refractivity contribution in [2.45, 2.75) is 18.3 Å². The maximum atomic E-state index is 13.3. The van der Waals surface area contributed by atoms with Crippen LogP contribution in [0.4, 0.5) is 9.18 Å². The Balaban J connectivity index is 1.95. The second-order valence-corrected chi connectivity index (χ2v) is 5.41. The monoisotopic (exact) mass is 292 g/mol. The van der Waals surface area contributed by atoms with Crippen molar-refractivity contribution in [2.24, 2.45) is 0 Å². The molecule has 0 spiro atoms. The number of aliphatic hydroxyl groups excluding tert-OH is 1. The number of urea groups is 1. The second-order valence-electron chi connectivity index (χ2n) is 5.41. The minimum Gasteiger partial charge on any atom is -0.395 e. The zero-order valence-corrected chi connectivity index (χ0v) is 12.0. The molecule has 0 heterocycles. The van der Waals surface area contributed by atoms with Crippen LogP contribution in [0, 0.1) is 5.82 Å². The summed E-state index contributed by atoms with van der Waals surface area (Å²) in [6.45, 7) is 4.65. The number of carbonyl (C=O) groups excluding carboxylic acids is 1. The molecule has 1 aromatic carbocycles. The Labute approximate surface area is 124 Å². The van der Waals surface area contributed by atoms with E-state index in [-0.39, 0.29) is 30.4 Å². The molecule has 1 saturated carbocycles. The van der Waals surface area contributed by atoms with Gasteiger partial charge in [-0.2, -0.15) is 0 Å². The van der Waals surface area contributed by atoms with Crippen LogP contribution in [0.3, 0.4) is 0 Å². The van der Waals surface area contributed by atoms with Gasteiger partial charge in [-0.05, 0) is 30.5 Å². The molecule has 1 fully saturated rings. The molecule has 0 radical (unpaired) electrons. The van der Waals surface area contributed by atoms with Crippen molar-refractivity contribution in [1.29, 1.82) is 0 Å². The number of nitrogens with zero attached hydrogens (tertiary/aromatic N) is 1. The van der Waals surface area contributed by atoms with E-state index in [4.69, 9.17) is 5.11 Å². The third kappa shape index (κ3) is 3.82. The van der Waals surface area contributed by atoms with Gasteiger partial charge >= 0.3 is 6.03 Å². The summed E-state index contributed by atoms with van der Waals surface area (Å²) in [5, 5.41) is 11.8. The Kier molecular flexibility index (Phi) is 4.96. The molecule has 2 N–H and O–H groups in total.